The third-order valence-electron chi connectivity index (χ3n) is 8.49. The van der Waals surface area contributed by atoms with Gasteiger partial charge in [0.25, 0.3) is 5.91 Å². The van der Waals surface area contributed by atoms with Crippen molar-refractivity contribution in [3.05, 3.63) is 60.2 Å². The van der Waals surface area contributed by atoms with Gasteiger partial charge in [-0.05, 0) is 68.5 Å². The zero-order chi connectivity index (χ0) is 37.4. The summed E-state index contributed by atoms with van der Waals surface area (Å²) in [4.78, 5) is 51.5. The Kier molecular flexibility index (Phi) is 16.8. The van der Waals surface area contributed by atoms with Crippen LogP contribution in [0.15, 0.2) is 54.6 Å². The number of aliphatic hydroxyl groups excluding tert-OH is 2. The molecule has 0 aromatic heterocycles. The van der Waals surface area contributed by atoms with Crippen molar-refractivity contribution in [2.24, 2.45) is 5.92 Å². The van der Waals surface area contributed by atoms with Gasteiger partial charge >= 0.3 is 10.4 Å². The van der Waals surface area contributed by atoms with Gasteiger partial charge in [-0.1, -0.05) is 31.5 Å². The van der Waals surface area contributed by atoms with Gasteiger partial charge in [0.2, 0.25) is 17.7 Å². The Bertz CT molecular complexity index is 1530. The van der Waals surface area contributed by atoms with Crippen LogP contribution in [0.3, 0.4) is 0 Å². The molecule has 0 saturated heterocycles. The van der Waals surface area contributed by atoms with E-state index in [1.54, 1.807) is 41.3 Å². The van der Waals surface area contributed by atoms with E-state index in [1.807, 2.05) is 25.1 Å². The molecule has 0 spiro atoms. The van der Waals surface area contributed by atoms with E-state index in [9.17, 15) is 37.8 Å². The molecule has 3 rings (SSSR count). The maximum atomic E-state index is 12.9. The van der Waals surface area contributed by atoms with Crippen LogP contribution in [0.25, 0.3) is 0 Å². The van der Waals surface area contributed by atoms with Crippen LogP contribution < -0.4 is 20.7 Å². The molecule has 51 heavy (non-hydrogen) atoms. The fourth-order valence-electron chi connectivity index (χ4n) is 5.77. The summed E-state index contributed by atoms with van der Waals surface area (Å²) in [7, 11) is -4.79. The highest BCUT2D eigenvalue weighted by Gasteiger charge is 2.45. The Hall–Kier alpha value is -4.09. The van der Waals surface area contributed by atoms with Gasteiger partial charge in [0.1, 0.15) is 18.0 Å². The lowest BCUT2D eigenvalue weighted by molar-refractivity contribution is -0.132. The first-order valence-corrected chi connectivity index (χ1v) is 18.6. The first-order valence-electron chi connectivity index (χ1n) is 17.2. The van der Waals surface area contributed by atoms with Crippen LogP contribution in [0.2, 0.25) is 0 Å². The Labute approximate surface area is 299 Å². The molecule has 1 aliphatic carbocycles. The normalized spacial score (nSPS) is 20.2. The molecule has 0 bridgehead atoms. The maximum absolute atomic E-state index is 12.9. The SMILES string of the molecule is CCCCC(=O)N(CCCCCNC(=O)c1ccccc1)CCC(=O)Nc1ccc(OC2CC(COS(=O)(=O)O)C(O)C(O)C2NC(C)=O)cc1. The monoisotopic (exact) mass is 734 g/mol. The molecule has 4 amide bonds. The average molecular weight is 735 g/mol. The van der Waals surface area contributed by atoms with Crippen molar-refractivity contribution in [3.63, 3.8) is 0 Å². The average Bonchev–Trinajstić information content (AvgIpc) is 3.09. The van der Waals surface area contributed by atoms with Crippen LogP contribution in [0.4, 0.5) is 5.69 Å². The second-order valence-electron chi connectivity index (χ2n) is 12.6. The lowest BCUT2D eigenvalue weighted by Crippen LogP contribution is -2.62. The van der Waals surface area contributed by atoms with E-state index in [0.717, 1.165) is 32.1 Å². The highest BCUT2D eigenvalue weighted by Crippen LogP contribution is 2.30. The fourth-order valence-corrected chi connectivity index (χ4v) is 6.11. The zero-order valence-electron chi connectivity index (χ0n) is 29.0. The number of nitrogens with one attached hydrogen (secondary N) is 3. The van der Waals surface area contributed by atoms with Crippen molar-refractivity contribution in [1.29, 1.82) is 0 Å². The highest BCUT2D eigenvalue weighted by atomic mass is 32.3. The molecule has 2 aromatic rings. The highest BCUT2D eigenvalue weighted by molar-refractivity contribution is 7.80. The number of carbonyl (C=O) groups excluding carboxylic acids is 4. The minimum atomic E-state index is -4.79. The fraction of sp³-hybridized carbons (Fsp3) is 0.543. The molecule has 0 heterocycles. The summed E-state index contributed by atoms with van der Waals surface area (Å²) < 4.78 is 41.5. The number of ether oxygens (including phenoxy) is 1. The third kappa shape index (κ3) is 14.6. The van der Waals surface area contributed by atoms with Gasteiger partial charge in [0.05, 0.1) is 18.8 Å². The summed E-state index contributed by atoms with van der Waals surface area (Å²) >= 11 is 0. The topological polar surface area (TPSA) is 221 Å². The second kappa shape index (κ2) is 20.7. The second-order valence-corrected chi connectivity index (χ2v) is 13.7. The standard InChI is InChI=1S/C35H50N4O11S/c1-3-4-13-31(42)39(20-10-6-9-19-36-35(45)25-11-7-5-8-12-25)21-18-30(41)38-27-14-16-28(17-15-27)50-29-22-26(23-49-51(46,47)48)33(43)34(44)32(29)37-24(2)40/h5,7-8,11-12,14-17,26,29,32-34,43-44H,3-4,6,9-10,13,18-23H2,1-2H3,(H,36,45)(H,37,40)(H,38,41)(H,46,47,48). The van der Waals surface area contributed by atoms with E-state index in [1.165, 1.54) is 6.92 Å². The van der Waals surface area contributed by atoms with Crippen LogP contribution in [0.5, 0.6) is 5.75 Å². The quantitative estimate of drug-likeness (QED) is 0.0857. The number of nitrogens with zero attached hydrogens (tertiary/aromatic N) is 1. The molecule has 1 saturated carbocycles. The third-order valence-corrected chi connectivity index (χ3v) is 8.93. The number of unbranched alkanes of at least 4 members (excludes halogenated alkanes) is 3. The molecule has 282 valence electrons. The number of carbonyl (C=O) groups is 4. The van der Waals surface area contributed by atoms with Gasteiger partial charge in [-0.3, -0.25) is 23.7 Å². The lowest BCUT2D eigenvalue weighted by atomic mass is 9.79. The van der Waals surface area contributed by atoms with Crippen LogP contribution in [-0.2, 0) is 29.0 Å². The Morgan fingerprint density at radius 1 is 0.902 bits per heavy atom. The van der Waals surface area contributed by atoms with Crippen molar-refractivity contribution >= 4 is 39.7 Å². The number of aliphatic hydroxyl groups is 2. The zero-order valence-corrected chi connectivity index (χ0v) is 29.8. The first kappa shape index (κ1) is 41.3. The smallest absolute Gasteiger partial charge is 0.397 e. The predicted molar refractivity (Wildman–Crippen MR) is 188 cm³/mol. The first-order chi connectivity index (χ1) is 24.3. The molecular formula is C35H50N4O11S. The summed E-state index contributed by atoms with van der Waals surface area (Å²) in [6, 6.07) is 14.2. The number of benzene rings is 2. The Morgan fingerprint density at radius 2 is 1.61 bits per heavy atom. The number of hydrogen-bond donors (Lipinski definition) is 6. The van der Waals surface area contributed by atoms with Crippen LogP contribution in [-0.4, -0.2) is 102 Å². The van der Waals surface area contributed by atoms with Crippen molar-refractivity contribution in [2.45, 2.75) is 89.6 Å². The van der Waals surface area contributed by atoms with Gasteiger partial charge in [-0.15, -0.1) is 0 Å². The van der Waals surface area contributed by atoms with Crippen LogP contribution in [0, 0.1) is 5.92 Å². The van der Waals surface area contributed by atoms with E-state index in [2.05, 4.69) is 20.1 Å². The van der Waals surface area contributed by atoms with Gasteiger partial charge in [0, 0.05) is 56.6 Å². The number of rotatable bonds is 20. The summed E-state index contributed by atoms with van der Waals surface area (Å²) in [6.45, 7) is 3.91. The molecule has 5 atom stereocenters. The summed E-state index contributed by atoms with van der Waals surface area (Å²) in [5.41, 5.74) is 1.07. The van der Waals surface area contributed by atoms with E-state index in [-0.39, 0.29) is 37.1 Å². The molecule has 15 nitrogen and oxygen atoms in total. The Balaban J connectivity index is 1.50. The van der Waals surface area contributed by atoms with Crippen molar-refractivity contribution in [1.82, 2.24) is 15.5 Å². The Morgan fingerprint density at radius 3 is 2.25 bits per heavy atom. The molecule has 1 fully saturated rings. The van der Waals surface area contributed by atoms with Crippen molar-refractivity contribution < 1.29 is 51.3 Å². The molecule has 0 aliphatic heterocycles. The number of anilines is 1. The summed E-state index contributed by atoms with van der Waals surface area (Å²) in [6.07, 6.45) is 0.470. The molecule has 0 radical (unpaired) electrons. The van der Waals surface area contributed by atoms with E-state index < -0.39 is 53.2 Å². The molecule has 2 aromatic carbocycles. The van der Waals surface area contributed by atoms with Crippen LogP contribution >= 0.6 is 0 Å². The van der Waals surface area contributed by atoms with E-state index >= 15 is 0 Å². The predicted octanol–water partition coefficient (Wildman–Crippen LogP) is 2.45. The molecule has 16 heteroatoms. The van der Waals surface area contributed by atoms with Gasteiger partial charge in [-0.25, -0.2) is 4.18 Å². The molecule has 1 aliphatic rings. The summed E-state index contributed by atoms with van der Waals surface area (Å²) in [5.74, 6) is -1.55. The number of hydrogen-bond acceptors (Lipinski definition) is 10. The van der Waals surface area contributed by atoms with Crippen LogP contribution in [0.1, 0.15) is 75.6 Å². The summed E-state index contributed by atoms with van der Waals surface area (Å²) in [5, 5.41) is 29.4. The maximum Gasteiger partial charge on any atom is 0.397 e. The van der Waals surface area contributed by atoms with E-state index in [0.29, 0.717) is 36.5 Å². The van der Waals surface area contributed by atoms with Crippen molar-refractivity contribution in [2.75, 3.05) is 31.6 Å². The van der Waals surface area contributed by atoms with E-state index in [4.69, 9.17) is 9.29 Å². The minimum Gasteiger partial charge on any atom is -0.488 e. The van der Waals surface area contributed by atoms with Crippen molar-refractivity contribution in [3.8, 4) is 5.75 Å². The largest absolute Gasteiger partial charge is 0.488 e. The lowest BCUT2D eigenvalue weighted by Gasteiger charge is -2.42. The molecule has 5 unspecified atom stereocenters. The number of amides is 4. The van der Waals surface area contributed by atoms with Gasteiger partial charge < -0.3 is 35.8 Å². The van der Waals surface area contributed by atoms with Gasteiger partial charge in [-0.2, -0.15) is 8.42 Å². The molecular weight excluding hydrogens is 684 g/mol. The minimum absolute atomic E-state index is 0.00626. The molecule has 6 N–H and O–H groups in total. The van der Waals surface area contributed by atoms with Gasteiger partial charge in [0.15, 0.2) is 0 Å².